The molecule has 0 aliphatic heterocycles. The monoisotopic (exact) mass is 334 g/mol. The van der Waals surface area contributed by atoms with Gasteiger partial charge in [-0.1, -0.05) is 41.4 Å². The van der Waals surface area contributed by atoms with Crippen molar-refractivity contribution in [2.45, 2.75) is 18.7 Å². The maximum Gasteiger partial charge on any atom is 0.271 e. The summed E-state index contributed by atoms with van der Waals surface area (Å²) in [6.45, 7) is 3.80. The number of halogens is 2. The third kappa shape index (κ3) is 3.68. The number of nitrogens with zero attached hydrogens (tertiary/aromatic N) is 1. The maximum absolute atomic E-state index is 11.8. The van der Waals surface area contributed by atoms with E-state index in [1.54, 1.807) is 0 Å². The molecule has 5 nitrogen and oxygen atoms in total. The average molecular weight is 336 g/mol. The van der Waals surface area contributed by atoms with E-state index in [0.717, 1.165) is 0 Å². The summed E-state index contributed by atoms with van der Waals surface area (Å²) < 4.78 is 0. The molecule has 0 aromatic heterocycles. The molecule has 0 radical (unpaired) electrons. The summed E-state index contributed by atoms with van der Waals surface area (Å²) in [4.78, 5) is 21.4. The summed E-state index contributed by atoms with van der Waals surface area (Å²) in [7, 11) is 0. The Labute approximate surface area is 118 Å². The van der Waals surface area contributed by atoms with Crippen LogP contribution in [0.1, 0.15) is 13.8 Å². The van der Waals surface area contributed by atoms with Crippen LogP contribution in [0.2, 0.25) is 5.02 Å². The minimum absolute atomic E-state index is 0.114. The van der Waals surface area contributed by atoms with Crippen LogP contribution in [-0.4, -0.2) is 15.7 Å². The van der Waals surface area contributed by atoms with Gasteiger partial charge in [-0.25, -0.2) is 0 Å². The summed E-state index contributed by atoms with van der Waals surface area (Å²) in [5, 5.41) is 13.3. The normalized spacial score (nSPS) is 12.3. The van der Waals surface area contributed by atoms with Crippen molar-refractivity contribution in [3.8, 4) is 0 Å². The molecule has 0 heterocycles. The van der Waals surface area contributed by atoms with Crippen LogP contribution in [0.3, 0.4) is 0 Å². The molecule has 1 aromatic carbocycles. The van der Waals surface area contributed by atoms with Crippen molar-refractivity contribution in [2.75, 3.05) is 5.32 Å². The molecular formula is C11H12BrClN2O3. The topological polar surface area (TPSA) is 72.2 Å². The van der Waals surface area contributed by atoms with Gasteiger partial charge in [0.1, 0.15) is 0 Å². The number of nitro benzene ring substituents is 1. The second kappa shape index (κ2) is 6.15. The molecule has 0 aliphatic carbocycles. The molecule has 0 aliphatic rings. The van der Waals surface area contributed by atoms with Gasteiger partial charge in [0.2, 0.25) is 5.91 Å². The van der Waals surface area contributed by atoms with Gasteiger partial charge >= 0.3 is 0 Å². The van der Waals surface area contributed by atoms with Gasteiger partial charge in [-0.05, 0) is 12.0 Å². The van der Waals surface area contributed by atoms with E-state index < -0.39 is 4.92 Å². The van der Waals surface area contributed by atoms with Gasteiger partial charge < -0.3 is 5.32 Å². The second-order valence-corrected chi connectivity index (χ2v) is 5.45. The fourth-order valence-corrected chi connectivity index (χ4v) is 1.56. The Bertz CT molecular complexity index is 479. The smallest absolute Gasteiger partial charge is 0.271 e. The molecule has 0 spiro atoms. The number of carbonyl (C=O) groups excluding carboxylic acids is 1. The molecule has 1 aromatic rings. The first-order chi connectivity index (χ1) is 8.32. The molecule has 1 amide bonds. The molecule has 1 N–H and O–H groups in total. The van der Waals surface area contributed by atoms with Crippen LogP contribution in [0.4, 0.5) is 11.4 Å². The lowest BCUT2D eigenvalue weighted by Crippen LogP contribution is -2.27. The maximum atomic E-state index is 11.8. The van der Waals surface area contributed by atoms with Crippen LogP contribution in [0.5, 0.6) is 0 Å². The van der Waals surface area contributed by atoms with Crippen LogP contribution in [0, 0.1) is 16.0 Å². The summed E-state index contributed by atoms with van der Waals surface area (Å²) >= 11 is 9.13. The fourth-order valence-electron chi connectivity index (χ4n) is 1.22. The van der Waals surface area contributed by atoms with E-state index in [0.29, 0.717) is 5.69 Å². The number of carbonyl (C=O) groups is 1. The SMILES string of the molecule is CC(C)C(Br)C(=O)Nc1ccc([N+](=O)[O-])cc1Cl. The zero-order valence-electron chi connectivity index (χ0n) is 9.81. The number of benzene rings is 1. The molecule has 18 heavy (non-hydrogen) atoms. The van der Waals surface area contributed by atoms with Crippen LogP contribution < -0.4 is 5.32 Å². The third-order valence-electron chi connectivity index (χ3n) is 2.26. The highest BCUT2D eigenvalue weighted by molar-refractivity contribution is 9.10. The Morgan fingerprint density at radius 3 is 2.56 bits per heavy atom. The van der Waals surface area contributed by atoms with Crippen molar-refractivity contribution in [1.82, 2.24) is 0 Å². The number of hydrogen-bond donors (Lipinski definition) is 1. The lowest BCUT2D eigenvalue weighted by Gasteiger charge is -2.14. The van der Waals surface area contributed by atoms with Crippen LogP contribution >= 0.6 is 27.5 Å². The van der Waals surface area contributed by atoms with E-state index in [2.05, 4.69) is 21.2 Å². The van der Waals surface area contributed by atoms with E-state index in [-0.39, 0.29) is 27.4 Å². The molecule has 7 heteroatoms. The Morgan fingerprint density at radius 1 is 1.50 bits per heavy atom. The Hall–Kier alpha value is -1.14. The van der Waals surface area contributed by atoms with E-state index in [4.69, 9.17) is 11.6 Å². The molecule has 98 valence electrons. The fraction of sp³-hybridized carbons (Fsp3) is 0.364. The Morgan fingerprint density at radius 2 is 2.11 bits per heavy atom. The van der Waals surface area contributed by atoms with E-state index >= 15 is 0 Å². The van der Waals surface area contributed by atoms with Gasteiger partial charge in [0, 0.05) is 12.1 Å². The molecule has 0 fully saturated rings. The lowest BCUT2D eigenvalue weighted by molar-refractivity contribution is -0.384. The second-order valence-electron chi connectivity index (χ2n) is 4.06. The zero-order chi connectivity index (χ0) is 13.9. The molecule has 0 saturated heterocycles. The van der Waals surface area contributed by atoms with Crippen molar-refractivity contribution in [3.63, 3.8) is 0 Å². The van der Waals surface area contributed by atoms with Crippen LogP contribution in [-0.2, 0) is 4.79 Å². The van der Waals surface area contributed by atoms with Crippen LogP contribution in [0.15, 0.2) is 18.2 Å². The van der Waals surface area contributed by atoms with Crippen molar-refractivity contribution in [2.24, 2.45) is 5.92 Å². The number of hydrogen-bond acceptors (Lipinski definition) is 3. The molecular weight excluding hydrogens is 323 g/mol. The van der Waals surface area contributed by atoms with Crippen molar-refractivity contribution < 1.29 is 9.72 Å². The average Bonchev–Trinajstić information content (AvgIpc) is 2.30. The highest BCUT2D eigenvalue weighted by Gasteiger charge is 2.20. The first-order valence-electron chi connectivity index (χ1n) is 5.21. The van der Waals surface area contributed by atoms with Crippen LogP contribution in [0.25, 0.3) is 0 Å². The minimum Gasteiger partial charge on any atom is -0.324 e. The van der Waals surface area contributed by atoms with Crippen molar-refractivity contribution in [1.29, 1.82) is 0 Å². The number of non-ortho nitro benzene ring substituents is 1. The van der Waals surface area contributed by atoms with Gasteiger partial charge in [-0.15, -0.1) is 0 Å². The summed E-state index contributed by atoms with van der Waals surface area (Å²) in [5.41, 5.74) is 0.245. The van der Waals surface area contributed by atoms with Crippen molar-refractivity contribution >= 4 is 44.8 Å². The quantitative estimate of drug-likeness (QED) is 0.519. The summed E-state index contributed by atoms with van der Waals surface area (Å²) in [5.74, 6) is -0.109. The predicted molar refractivity (Wildman–Crippen MR) is 74.3 cm³/mol. The van der Waals surface area contributed by atoms with E-state index in [9.17, 15) is 14.9 Å². The number of nitrogens with one attached hydrogen (secondary N) is 1. The highest BCUT2D eigenvalue weighted by atomic mass is 79.9. The van der Waals surface area contributed by atoms with Gasteiger partial charge in [0.25, 0.3) is 5.69 Å². The zero-order valence-corrected chi connectivity index (χ0v) is 12.2. The van der Waals surface area contributed by atoms with Gasteiger partial charge in [0.05, 0.1) is 20.5 Å². The molecule has 1 rings (SSSR count). The first-order valence-corrected chi connectivity index (χ1v) is 6.51. The Balaban J connectivity index is 2.86. The van der Waals surface area contributed by atoms with Gasteiger partial charge in [-0.2, -0.15) is 0 Å². The van der Waals surface area contributed by atoms with Crippen molar-refractivity contribution in [3.05, 3.63) is 33.3 Å². The van der Waals surface area contributed by atoms with E-state index in [1.807, 2.05) is 13.8 Å². The summed E-state index contributed by atoms with van der Waals surface area (Å²) in [6, 6.07) is 3.91. The van der Waals surface area contributed by atoms with Gasteiger partial charge in [-0.3, -0.25) is 14.9 Å². The lowest BCUT2D eigenvalue weighted by atomic mass is 10.1. The third-order valence-corrected chi connectivity index (χ3v) is 4.04. The predicted octanol–water partition coefficient (Wildman–Crippen LogP) is 3.61. The number of amides is 1. The first kappa shape index (κ1) is 14.9. The molecule has 1 unspecified atom stereocenters. The standard InChI is InChI=1S/C11H12BrClN2O3/c1-6(2)10(12)11(16)14-9-4-3-7(15(17)18)5-8(9)13/h3-6,10H,1-2H3,(H,14,16). The number of anilines is 1. The molecule has 1 atom stereocenters. The number of alkyl halides is 1. The minimum atomic E-state index is -0.543. The van der Waals surface area contributed by atoms with Gasteiger partial charge in [0.15, 0.2) is 0 Å². The highest BCUT2D eigenvalue weighted by Crippen LogP contribution is 2.27. The number of rotatable bonds is 4. The Kier molecular flexibility index (Phi) is 5.10. The number of nitro groups is 1. The molecule has 0 bridgehead atoms. The van der Waals surface area contributed by atoms with E-state index in [1.165, 1.54) is 18.2 Å². The summed E-state index contributed by atoms with van der Waals surface area (Å²) in [6.07, 6.45) is 0. The molecule has 0 saturated carbocycles. The largest absolute Gasteiger partial charge is 0.324 e.